The zero-order valence-electron chi connectivity index (χ0n) is 12.2. The van der Waals surface area contributed by atoms with Gasteiger partial charge in [0.2, 0.25) is 0 Å². The molecule has 1 fully saturated rings. The molecule has 0 aromatic carbocycles. The fourth-order valence-electron chi connectivity index (χ4n) is 2.83. The van der Waals surface area contributed by atoms with Crippen molar-refractivity contribution < 1.29 is 14.6 Å². The first-order valence-corrected chi connectivity index (χ1v) is 7.01. The van der Waals surface area contributed by atoms with Crippen molar-refractivity contribution in [3.8, 4) is 5.88 Å². The molecule has 1 N–H and O–H groups in total. The number of anilines is 1. The monoisotopic (exact) mass is 303 g/mol. The maximum absolute atomic E-state index is 11.8. The van der Waals surface area contributed by atoms with Gasteiger partial charge in [0, 0.05) is 50.7 Å². The van der Waals surface area contributed by atoms with Crippen LogP contribution in [0.2, 0.25) is 0 Å². The molecule has 1 aliphatic heterocycles. The Bertz CT molecular complexity index is 650. The molecule has 2 aromatic rings. The predicted molar refractivity (Wildman–Crippen MR) is 77.9 cm³/mol. The second-order valence-corrected chi connectivity index (χ2v) is 5.16. The molecule has 0 amide bonds. The Kier molecular flexibility index (Phi) is 3.66. The van der Waals surface area contributed by atoms with E-state index in [1.54, 1.807) is 42.6 Å². The van der Waals surface area contributed by atoms with E-state index in [-0.39, 0.29) is 0 Å². The van der Waals surface area contributed by atoms with Crippen molar-refractivity contribution in [1.82, 2.24) is 19.7 Å². The molecule has 0 bridgehead atoms. The van der Waals surface area contributed by atoms with Gasteiger partial charge in [0.05, 0.1) is 7.11 Å². The van der Waals surface area contributed by atoms with E-state index < -0.39 is 11.5 Å². The minimum Gasteiger partial charge on any atom is -0.479 e. The largest absolute Gasteiger partial charge is 0.479 e. The smallest absolute Gasteiger partial charge is 0.331 e. The number of rotatable bonds is 4. The van der Waals surface area contributed by atoms with Crippen LogP contribution in [0.5, 0.6) is 5.88 Å². The summed E-state index contributed by atoms with van der Waals surface area (Å²) in [4.78, 5) is 22.2. The van der Waals surface area contributed by atoms with E-state index in [1.807, 2.05) is 4.90 Å². The van der Waals surface area contributed by atoms with Crippen molar-refractivity contribution in [2.75, 3.05) is 25.1 Å². The molecule has 22 heavy (non-hydrogen) atoms. The lowest BCUT2D eigenvalue weighted by Crippen LogP contribution is -2.51. The Labute approximate surface area is 127 Å². The topological polar surface area (TPSA) is 93.4 Å². The molecule has 2 aromatic heterocycles. The van der Waals surface area contributed by atoms with Crippen LogP contribution in [0.15, 0.2) is 30.9 Å². The van der Waals surface area contributed by atoms with Crippen molar-refractivity contribution in [3.63, 3.8) is 0 Å². The third-order valence-corrected chi connectivity index (χ3v) is 4.07. The molecular weight excluding hydrogens is 286 g/mol. The van der Waals surface area contributed by atoms with Crippen LogP contribution in [0.3, 0.4) is 0 Å². The number of hydrogen-bond acceptors (Lipinski definition) is 6. The van der Waals surface area contributed by atoms with Crippen LogP contribution in [0.25, 0.3) is 0 Å². The Morgan fingerprint density at radius 3 is 2.59 bits per heavy atom. The molecule has 3 heterocycles. The minimum absolute atomic E-state index is 0.434. The quantitative estimate of drug-likeness (QED) is 0.891. The van der Waals surface area contributed by atoms with Gasteiger partial charge in [0.25, 0.3) is 5.88 Å². The van der Waals surface area contributed by atoms with Gasteiger partial charge in [-0.3, -0.25) is 4.68 Å². The number of ether oxygens (including phenoxy) is 1. The van der Waals surface area contributed by atoms with Gasteiger partial charge in [0.1, 0.15) is 0 Å². The first-order valence-electron chi connectivity index (χ1n) is 7.01. The highest BCUT2D eigenvalue weighted by atomic mass is 16.5. The van der Waals surface area contributed by atoms with Gasteiger partial charge in [-0.15, -0.1) is 0 Å². The summed E-state index contributed by atoms with van der Waals surface area (Å²) in [6.45, 7) is 1.09. The Morgan fingerprint density at radius 1 is 1.27 bits per heavy atom. The van der Waals surface area contributed by atoms with Crippen molar-refractivity contribution in [2.24, 2.45) is 0 Å². The number of aromatic nitrogens is 4. The van der Waals surface area contributed by atoms with E-state index in [0.29, 0.717) is 37.6 Å². The molecule has 0 saturated carbocycles. The van der Waals surface area contributed by atoms with Crippen LogP contribution >= 0.6 is 0 Å². The van der Waals surface area contributed by atoms with E-state index in [0.717, 1.165) is 0 Å². The number of piperidine rings is 1. The number of methoxy groups -OCH3 is 1. The Morgan fingerprint density at radius 2 is 2.00 bits per heavy atom. The second kappa shape index (κ2) is 5.63. The molecule has 1 aliphatic rings. The summed E-state index contributed by atoms with van der Waals surface area (Å²) < 4.78 is 6.76. The summed E-state index contributed by atoms with van der Waals surface area (Å²) in [5.41, 5.74) is -1.00. The van der Waals surface area contributed by atoms with Gasteiger partial charge < -0.3 is 14.7 Å². The summed E-state index contributed by atoms with van der Waals surface area (Å²) in [6.07, 6.45) is 7.34. The molecule has 3 rings (SSSR count). The lowest BCUT2D eigenvalue weighted by molar-refractivity contribution is -0.149. The molecule has 8 heteroatoms. The van der Waals surface area contributed by atoms with Crippen LogP contribution in [0.4, 0.5) is 5.82 Å². The summed E-state index contributed by atoms with van der Waals surface area (Å²) in [5.74, 6) is 0.232. The van der Waals surface area contributed by atoms with Gasteiger partial charge >= 0.3 is 5.97 Å². The fraction of sp³-hybridized carbons (Fsp3) is 0.429. The van der Waals surface area contributed by atoms with Crippen molar-refractivity contribution in [3.05, 3.63) is 30.9 Å². The molecular formula is C14H17N5O3. The lowest BCUT2D eigenvalue weighted by Gasteiger charge is -2.39. The zero-order chi connectivity index (χ0) is 15.6. The molecule has 0 spiro atoms. The summed E-state index contributed by atoms with van der Waals surface area (Å²) in [6, 6.07) is 1.74. The number of carbonyl (C=O) groups is 1. The van der Waals surface area contributed by atoms with Crippen LogP contribution in [-0.4, -0.2) is 51.0 Å². The SMILES string of the molecule is COc1nccnc1N1CCC(C(=O)O)(n2cccn2)CC1. The molecule has 0 radical (unpaired) electrons. The number of aliphatic carboxylic acids is 1. The van der Waals surface area contributed by atoms with Crippen molar-refractivity contribution >= 4 is 11.8 Å². The number of carboxylic acid groups (broad SMARTS) is 1. The molecule has 1 saturated heterocycles. The van der Waals surface area contributed by atoms with Crippen molar-refractivity contribution in [1.29, 1.82) is 0 Å². The predicted octanol–water partition coefficient (Wildman–Crippen LogP) is 0.762. The van der Waals surface area contributed by atoms with Gasteiger partial charge in [-0.1, -0.05) is 0 Å². The molecule has 0 atom stereocenters. The van der Waals surface area contributed by atoms with Gasteiger partial charge in [0.15, 0.2) is 11.4 Å². The van der Waals surface area contributed by atoms with Gasteiger partial charge in [-0.2, -0.15) is 5.10 Å². The normalized spacial score (nSPS) is 17.2. The summed E-state index contributed by atoms with van der Waals surface area (Å²) in [5, 5.41) is 13.8. The zero-order valence-corrected chi connectivity index (χ0v) is 12.2. The van der Waals surface area contributed by atoms with Crippen LogP contribution in [0, 0.1) is 0 Å². The van der Waals surface area contributed by atoms with E-state index in [4.69, 9.17) is 4.74 Å². The first-order chi connectivity index (χ1) is 10.7. The van der Waals surface area contributed by atoms with Crippen LogP contribution in [-0.2, 0) is 10.3 Å². The Balaban J connectivity index is 1.83. The fourth-order valence-corrected chi connectivity index (χ4v) is 2.83. The molecule has 8 nitrogen and oxygen atoms in total. The molecule has 0 aliphatic carbocycles. The lowest BCUT2D eigenvalue weighted by atomic mass is 9.87. The van der Waals surface area contributed by atoms with Gasteiger partial charge in [-0.05, 0) is 6.07 Å². The summed E-state index contributed by atoms with van der Waals surface area (Å²) >= 11 is 0. The number of carboxylic acids is 1. The average molecular weight is 303 g/mol. The Hall–Kier alpha value is -2.64. The van der Waals surface area contributed by atoms with Gasteiger partial charge in [-0.25, -0.2) is 14.8 Å². The standard InChI is InChI=1S/C14H17N5O3/c1-22-12-11(15-6-7-16-12)18-9-3-14(4-10-18,13(20)21)19-8-2-5-17-19/h2,5-8H,3-4,9-10H2,1H3,(H,20,21). The summed E-state index contributed by atoms with van der Waals surface area (Å²) in [7, 11) is 1.54. The molecule has 116 valence electrons. The molecule has 0 unspecified atom stereocenters. The highest BCUT2D eigenvalue weighted by Gasteiger charge is 2.44. The number of hydrogen-bond donors (Lipinski definition) is 1. The van der Waals surface area contributed by atoms with E-state index in [1.165, 1.54) is 0 Å². The average Bonchev–Trinajstić information content (AvgIpc) is 3.09. The highest BCUT2D eigenvalue weighted by Crippen LogP contribution is 2.33. The highest BCUT2D eigenvalue weighted by molar-refractivity contribution is 5.77. The maximum atomic E-state index is 11.8. The maximum Gasteiger partial charge on any atom is 0.331 e. The van der Waals surface area contributed by atoms with Crippen LogP contribution in [0.1, 0.15) is 12.8 Å². The number of nitrogens with zero attached hydrogens (tertiary/aromatic N) is 5. The van der Waals surface area contributed by atoms with E-state index in [2.05, 4.69) is 15.1 Å². The third kappa shape index (κ3) is 2.26. The van der Waals surface area contributed by atoms with Crippen LogP contribution < -0.4 is 9.64 Å². The minimum atomic E-state index is -1.00. The second-order valence-electron chi connectivity index (χ2n) is 5.16. The third-order valence-electron chi connectivity index (χ3n) is 4.07. The van der Waals surface area contributed by atoms with E-state index in [9.17, 15) is 9.90 Å². The van der Waals surface area contributed by atoms with E-state index >= 15 is 0 Å². The first kappa shape index (κ1) is 14.3. The van der Waals surface area contributed by atoms with Crippen molar-refractivity contribution in [2.45, 2.75) is 18.4 Å².